The minimum Gasteiger partial charge on any atom is -0.335 e. The van der Waals surface area contributed by atoms with E-state index in [1.165, 1.54) is 6.07 Å². The van der Waals surface area contributed by atoms with E-state index < -0.39 is 28.1 Å². The first-order valence-corrected chi connectivity index (χ1v) is 5.08. The van der Waals surface area contributed by atoms with Crippen molar-refractivity contribution in [3.05, 3.63) is 34.1 Å². The summed E-state index contributed by atoms with van der Waals surface area (Å²) in [5, 5.41) is 15.4. The number of rotatable bonds is 3. The van der Waals surface area contributed by atoms with Crippen molar-refractivity contribution in [1.29, 1.82) is 0 Å². The third-order valence-electron chi connectivity index (χ3n) is 2.34. The van der Waals surface area contributed by atoms with Crippen LogP contribution in [0.3, 0.4) is 0 Å². The molecule has 0 aliphatic heterocycles. The van der Waals surface area contributed by atoms with E-state index in [1.807, 2.05) is 0 Å². The number of amides is 2. The summed E-state index contributed by atoms with van der Waals surface area (Å²) in [5.41, 5.74) is -0.869. The van der Waals surface area contributed by atoms with Crippen molar-refractivity contribution >= 4 is 17.4 Å². The minimum absolute atomic E-state index is 0.0980. The van der Waals surface area contributed by atoms with Gasteiger partial charge in [0.25, 0.3) is 5.69 Å². The van der Waals surface area contributed by atoms with Gasteiger partial charge >= 0.3 is 6.03 Å². The molecule has 17 heavy (non-hydrogen) atoms. The monoisotopic (exact) mass is 239 g/mol. The first-order chi connectivity index (χ1) is 8.08. The van der Waals surface area contributed by atoms with Crippen molar-refractivity contribution in [2.45, 2.75) is 18.9 Å². The number of halogens is 1. The molecule has 0 heterocycles. The predicted octanol–water partition coefficient (Wildman–Crippen LogP) is 2.02. The highest BCUT2D eigenvalue weighted by Crippen LogP contribution is 2.27. The highest BCUT2D eigenvalue weighted by molar-refractivity contribution is 5.92. The average Bonchev–Trinajstić information content (AvgIpc) is 3.04. The third kappa shape index (κ3) is 2.68. The van der Waals surface area contributed by atoms with Crippen LogP contribution < -0.4 is 10.6 Å². The molecule has 90 valence electrons. The molecule has 6 nitrogen and oxygen atoms in total. The van der Waals surface area contributed by atoms with Gasteiger partial charge in [-0.05, 0) is 18.9 Å². The van der Waals surface area contributed by atoms with Gasteiger partial charge in [0.2, 0.25) is 0 Å². The van der Waals surface area contributed by atoms with Gasteiger partial charge in [-0.1, -0.05) is 6.07 Å². The number of nitrogens with zero attached hydrogens (tertiary/aromatic N) is 1. The number of urea groups is 1. The Morgan fingerprint density at radius 2 is 2.18 bits per heavy atom. The minimum atomic E-state index is -0.829. The average molecular weight is 239 g/mol. The lowest BCUT2D eigenvalue weighted by atomic mass is 10.2. The molecule has 0 atom stereocenters. The van der Waals surface area contributed by atoms with Gasteiger partial charge in [-0.15, -0.1) is 0 Å². The van der Waals surface area contributed by atoms with Crippen LogP contribution in [0, 0.1) is 15.9 Å². The fourth-order valence-corrected chi connectivity index (χ4v) is 1.35. The van der Waals surface area contributed by atoms with Gasteiger partial charge in [-0.3, -0.25) is 15.4 Å². The molecule has 0 radical (unpaired) electrons. The van der Waals surface area contributed by atoms with Crippen LogP contribution in [0.15, 0.2) is 18.2 Å². The van der Waals surface area contributed by atoms with Crippen LogP contribution in [0.1, 0.15) is 12.8 Å². The lowest BCUT2D eigenvalue weighted by Gasteiger charge is -2.07. The number of carbonyl (C=O) groups excluding carboxylic acids is 1. The highest BCUT2D eigenvalue weighted by atomic mass is 19.1. The van der Waals surface area contributed by atoms with E-state index in [9.17, 15) is 19.3 Å². The van der Waals surface area contributed by atoms with Crippen molar-refractivity contribution in [2.24, 2.45) is 0 Å². The van der Waals surface area contributed by atoms with Crippen LogP contribution in [0.25, 0.3) is 0 Å². The molecule has 0 saturated heterocycles. The number of nitro benzene ring substituents is 1. The van der Waals surface area contributed by atoms with E-state index >= 15 is 0 Å². The number of nitrogens with one attached hydrogen (secondary N) is 2. The normalized spacial score (nSPS) is 14.2. The highest BCUT2D eigenvalue weighted by Gasteiger charge is 2.25. The number of para-hydroxylation sites is 1. The van der Waals surface area contributed by atoms with Crippen molar-refractivity contribution in [3.63, 3.8) is 0 Å². The van der Waals surface area contributed by atoms with E-state index in [1.54, 1.807) is 0 Å². The molecule has 2 rings (SSSR count). The molecule has 7 heteroatoms. The van der Waals surface area contributed by atoms with Crippen molar-refractivity contribution < 1.29 is 14.1 Å². The molecular formula is C10H10FN3O3. The molecule has 2 N–H and O–H groups in total. The topological polar surface area (TPSA) is 84.3 Å². The number of carbonyl (C=O) groups is 1. The molecular weight excluding hydrogens is 229 g/mol. The number of nitro groups is 1. The molecule has 0 bridgehead atoms. The Labute approximate surface area is 96.0 Å². The number of hydrogen-bond donors (Lipinski definition) is 2. The van der Waals surface area contributed by atoms with Crippen molar-refractivity contribution in [1.82, 2.24) is 5.32 Å². The van der Waals surface area contributed by atoms with Crippen molar-refractivity contribution in [2.75, 3.05) is 5.32 Å². The Hall–Kier alpha value is -2.18. The molecule has 0 spiro atoms. The standard InChI is InChI=1S/C10H10FN3O3/c11-7-2-1-3-8(14(16)17)9(7)13-10(15)12-6-4-5-6/h1-3,6H,4-5H2,(H2,12,13,15). The molecule has 0 unspecified atom stereocenters. The second-order valence-electron chi connectivity index (χ2n) is 3.76. The number of anilines is 1. The zero-order chi connectivity index (χ0) is 12.4. The lowest BCUT2D eigenvalue weighted by molar-refractivity contribution is -0.384. The maximum absolute atomic E-state index is 13.4. The molecule has 1 aliphatic carbocycles. The van der Waals surface area contributed by atoms with Gasteiger partial charge in [0.05, 0.1) is 4.92 Å². The maximum Gasteiger partial charge on any atom is 0.319 e. The quantitative estimate of drug-likeness (QED) is 0.625. The van der Waals surface area contributed by atoms with E-state index in [0.29, 0.717) is 0 Å². The summed E-state index contributed by atoms with van der Waals surface area (Å²) in [6.45, 7) is 0. The van der Waals surface area contributed by atoms with Gasteiger partial charge in [0, 0.05) is 12.1 Å². The van der Waals surface area contributed by atoms with Gasteiger partial charge in [-0.2, -0.15) is 0 Å². The van der Waals surface area contributed by atoms with Gasteiger partial charge in [0.15, 0.2) is 11.5 Å². The Morgan fingerprint density at radius 3 is 2.76 bits per heavy atom. The van der Waals surface area contributed by atoms with Crippen LogP contribution in [-0.2, 0) is 0 Å². The van der Waals surface area contributed by atoms with Crippen molar-refractivity contribution in [3.8, 4) is 0 Å². The third-order valence-corrected chi connectivity index (χ3v) is 2.34. The predicted molar refractivity (Wildman–Crippen MR) is 58.2 cm³/mol. The lowest BCUT2D eigenvalue weighted by Crippen LogP contribution is -2.31. The summed E-state index contributed by atoms with van der Waals surface area (Å²) in [7, 11) is 0. The summed E-state index contributed by atoms with van der Waals surface area (Å²) in [6.07, 6.45) is 1.76. The second-order valence-corrected chi connectivity index (χ2v) is 3.76. The van der Waals surface area contributed by atoms with Crippen LogP contribution in [-0.4, -0.2) is 17.0 Å². The molecule has 1 fully saturated rings. The summed E-state index contributed by atoms with van der Waals surface area (Å²) < 4.78 is 13.4. The van der Waals surface area contributed by atoms with Crippen LogP contribution in [0.2, 0.25) is 0 Å². The number of hydrogen-bond acceptors (Lipinski definition) is 3. The fraction of sp³-hybridized carbons (Fsp3) is 0.300. The molecule has 1 saturated carbocycles. The smallest absolute Gasteiger partial charge is 0.319 e. The molecule has 1 aliphatic rings. The Morgan fingerprint density at radius 1 is 1.47 bits per heavy atom. The zero-order valence-corrected chi connectivity index (χ0v) is 8.77. The zero-order valence-electron chi connectivity index (χ0n) is 8.77. The van der Waals surface area contributed by atoms with Gasteiger partial charge in [0.1, 0.15) is 0 Å². The Bertz CT molecular complexity index is 474. The Kier molecular flexibility index (Phi) is 2.90. The van der Waals surface area contributed by atoms with Gasteiger partial charge < -0.3 is 5.32 Å². The molecule has 1 aromatic carbocycles. The second kappa shape index (κ2) is 4.36. The summed E-state index contributed by atoms with van der Waals surface area (Å²) in [6, 6.07) is 2.88. The largest absolute Gasteiger partial charge is 0.335 e. The van der Waals surface area contributed by atoms with E-state index in [-0.39, 0.29) is 6.04 Å². The summed E-state index contributed by atoms with van der Waals surface area (Å²) in [5.74, 6) is -0.829. The first kappa shape index (κ1) is 11.3. The first-order valence-electron chi connectivity index (χ1n) is 5.08. The summed E-state index contributed by atoms with van der Waals surface area (Å²) in [4.78, 5) is 21.3. The van der Waals surface area contributed by atoms with E-state index in [2.05, 4.69) is 10.6 Å². The van der Waals surface area contributed by atoms with Crippen LogP contribution in [0.4, 0.5) is 20.6 Å². The SMILES string of the molecule is O=C(Nc1c(F)cccc1[N+](=O)[O-])NC1CC1. The molecule has 0 aromatic heterocycles. The van der Waals surface area contributed by atoms with E-state index in [0.717, 1.165) is 25.0 Å². The van der Waals surface area contributed by atoms with Gasteiger partial charge in [-0.25, -0.2) is 9.18 Å². The van der Waals surface area contributed by atoms with E-state index in [4.69, 9.17) is 0 Å². The fourth-order valence-electron chi connectivity index (χ4n) is 1.35. The maximum atomic E-state index is 13.4. The van der Waals surface area contributed by atoms with Crippen LogP contribution in [0.5, 0.6) is 0 Å². The molecule has 1 aromatic rings. The molecule has 2 amide bonds. The Balaban J connectivity index is 2.17. The van der Waals surface area contributed by atoms with Crippen LogP contribution >= 0.6 is 0 Å². The number of benzene rings is 1. The summed E-state index contributed by atoms with van der Waals surface area (Å²) >= 11 is 0.